The number of carbonyl (C=O) groups excluding carboxylic acids is 6. The molecule has 92 heavy (non-hydrogen) atoms. The smallest absolute Gasteiger partial charge is 0.231 e. The molecule has 3 aromatic heterocycles. The maximum Gasteiger partial charge on any atom is 0.231 e. The van der Waals surface area contributed by atoms with Crippen LogP contribution in [-0.4, -0.2) is 175 Å². The van der Waals surface area contributed by atoms with E-state index in [2.05, 4.69) is 116 Å². The third-order valence-electron chi connectivity index (χ3n) is 20.5. The summed E-state index contributed by atoms with van der Waals surface area (Å²) in [5.41, 5.74) is 14.0. The van der Waals surface area contributed by atoms with Gasteiger partial charge in [-0.05, 0) is 161 Å². The molecule has 0 fully saturated rings. The lowest BCUT2D eigenvalue weighted by Crippen LogP contribution is -2.49. The van der Waals surface area contributed by atoms with Gasteiger partial charge in [-0.1, -0.05) is 102 Å². The molecule has 6 aromatic rings. The number of fused-ring (bicyclic) bond motifs is 6. The summed E-state index contributed by atoms with van der Waals surface area (Å²) in [5.74, 6) is 0.667. The highest BCUT2D eigenvalue weighted by molar-refractivity contribution is 6.06. The van der Waals surface area contributed by atoms with Gasteiger partial charge in [0, 0.05) is 138 Å². The van der Waals surface area contributed by atoms with Gasteiger partial charge in [-0.25, -0.2) is 0 Å². The van der Waals surface area contributed by atoms with Gasteiger partial charge in [0.15, 0.2) is 0 Å². The first kappa shape index (κ1) is 67.4. The van der Waals surface area contributed by atoms with Gasteiger partial charge in [0.25, 0.3) is 0 Å². The predicted octanol–water partition coefficient (Wildman–Crippen LogP) is 13.2. The van der Waals surface area contributed by atoms with Gasteiger partial charge < -0.3 is 14.7 Å². The largest absolute Gasteiger partial charge is 0.343 e. The van der Waals surface area contributed by atoms with Gasteiger partial charge in [-0.3, -0.25) is 57.2 Å². The molecule has 6 aliphatic rings. The Kier molecular flexibility index (Phi) is 21.7. The van der Waals surface area contributed by atoms with Crippen molar-refractivity contribution in [3.63, 3.8) is 0 Å². The van der Waals surface area contributed by atoms with Crippen molar-refractivity contribution in [2.45, 2.75) is 158 Å². The molecule has 3 aliphatic heterocycles. The van der Waals surface area contributed by atoms with E-state index in [4.69, 9.17) is 0 Å². The summed E-state index contributed by atoms with van der Waals surface area (Å²) in [4.78, 5) is 90.8. The average Bonchev–Trinajstić information content (AvgIpc) is 1.52. The number of hydrogen-bond acceptors (Lipinski definition) is 9. The Bertz CT molecular complexity index is 3840. The molecule has 0 radical (unpaired) electrons. The molecule has 6 atom stereocenters. The van der Waals surface area contributed by atoms with Crippen LogP contribution in [0.4, 0.5) is 0 Å². The molecule has 3 amide bonds. The van der Waals surface area contributed by atoms with Crippen LogP contribution in [0.25, 0.3) is 49.4 Å². The second-order valence-corrected chi connectivity index (χ2v) is 25.8. The zero-order valence-electron chi connectivity index (χ0n) is 56.9. The summed E-state index contributed by atoms with van der Waals surface area (Å²) in [7, 11) is 0. The van der Waals surface area contributed by atoms with Crippen LogP contribution in [0, 0.1) is 17.8 Å². The van der Waals surface area contributed by atoms with Crippen molar-refractivity contribution in [1.82, 2.24) is 43.1 Å². The summed E-state index contributed by atoms with van der Waals surface area (Å²) >= 11 is 0. The molecule has 15 nitrogen and oxygen atoms in total. The number of benzene rings is 3. The molecule has 0 bridgehead atoms. The van der Waals surface area contributed by atoms with E-state index in [1.807, 2.05) is 107 Å². The zero-order valence-corrected chi connectivity index (χ0v) is 56.9. The first-order chi connectivity index (χ1) is 44.6. The highest BCUT2D eigenvalue weighted by atomic mass is 16.2. The summed E-state index contributed by atoms with van der Waals surface area (Å²) in [6.07, 6.45) is 23.1. The monoisotopic (exact) mass is 1250 g/mol. The van der Waals surface area contributed by atoms with E-state index >= 15 is 0 Å². The van der Waals surface area contributed by atoms with E-state index in [1.165, 1.54) is 55.3 Å². The third-order valence-corrected chi connectivity index (χ3v) is 20.5. The molecule has 3 aromatic carbocycles. The topological polar surface area (TPSA) is 137 Å². The molecule has 12 rings (SSSR count). The standard InChI is InChI=1S/2C26H35N3O2.C25H31N3O2/c1-5-10-24(30)29-17-18-15-23-21(20-11-9-12-22(29)25(18)20)14-19(16-28(23)13-6-2)26(31)27(7-3)8-4;1-5-9-13-28-16-19(26(31)27(7-3)8-4)14-21-20-11-10-12-22-25(20)18(15-23(21)28)17-29(22)24(30)6-2;1-5-12-27-15-18(25(30)26(7-3)8-4)13-20-19-10-9-11-21-24(19)17(14-22(20)27)16-28(21)23(29)6-2/h9,11-12,14,17,19,23H,5-8,10,13,15-16H2,1-4H3;10-12,14,17,19,23H,5-9,13,15-16H2,1-4H3;5,9-11,13,16,18,22H,1,6-8,12,14-15H2,2-4H3/t;19-,23?;18-,22-/m.11/s1. The zero-order chi connectivity index (χ0) is 65.7. The van der Waals surface area contributed by atoms with Gasteiger partial charge in [-0.2, -0.15) is 0 Å². The molecular weight excluding hydrogens is 1150 g/mol. The minimum absolute atomic E-state index is 0.111. The third kappa shape index (κ3) is 12.7. The van der Waals surface area contributed by atoms with Crippen LogP contribution < -0.4 is 0 Å². The van der Waals surface area contributed by atoms with E-state index in [0.717, 1.165) is 144 Å². The highest BCUT2D eigenvalue weighted by Crippen LogP contribution is 2.46. The fraction of sp³-hybridized carbons (Fsp3) is 0.506. The molecule has 3 unspecified atom stereocenters. The van der Waals surface area contributed by atoms with Gasteiger partial charge in [-0.15, -0.1) is 6.58 Å². The summed E-state index contributed by atoms with van der Waals surface area (Å²) in [5, 5.41) is 3.55. The Morgan fingerprint density at radius 1 is 0.446 bits per heavy atom. The number of amides is 3. The van der Waals surface area contributed by atoms with E-state index in [-0.39, 0.29) is 71.3 Å². The summed E-state index contributed by atoms with van der Waals surface area (Å²) in [6, 6.07) is 19.5. The number of aromatic nitrogens is 3. The highest BCUT2D eigenvalue weighted by Gasteiger charge is 2.42. The van der Waals surface area contributed by atoms with Gasteiger partial charge in [0.05, 0.1) is 34.3 Å². The van der Waals surface area contributed by atoms with Crippen molar-refractivity contribution in [1.29, 1.82) is 0 Å². The SMILES string of the molecule is C=CCN1C[C@H](C(=O)N(CC)CC)C=C2c3cccc4c3c(cn4C(=O)CC)C[C@H]21.CCCC(=O)n1cc2c3c(cccc31)C1=CC(C(=O)N(CC)CC)CN(CCC)C1C2.CCCCN1C[C@H](C(=O)N(CC)CC)C=C2c3cccc4c3c(cn4C(=O)CC)CC21. The van der Waals surface area contributed by atoms with E-state index < -0.39 is 0 Å². The summed E-state index contributed by atoms with van der Waals surface area (Å²) < 4.78 is 5.50. The van der Waals surface area contributed by atoms with Crippen molar-refractivity contribution in [3.05, 3.63) is 137 Å². The Hall–Kier alpha value is -7.46. The molecular formula is C77H101N9O6. The second-order valence-electron chi connectivity index (χ2n) is 25.8. The number of unbranched alkanes of at least 4 members (excludes halogenated alkanes) is 1. The lowest BCUT2D eigenvalue weighted by molar-refractivity contribution is -0.135. The van der Waals surface area contributed by atoms with Gasteiger partial charge in [0.2, 0.25) is 35.4 Å². The van der Waals surface area contributed by atoms with Gasteiger partial charge in [0.1, 0.15) is 0 Å². The fourth-order valence-corrected chi connectivity index (χ4v) is 15.9. The lowest BCUT2D eigenvalue weighted by atomic mass is 9.79. The van der Waals surface area contributed by atoms with Crippen molar-refractivity contribution in [2.75, 3.05) is 78.5 Å². The fourth-order valence-electron chi connectivity index (χ4n) is 15.9. The van der Waals surface area contributed by atoms with Gasteiger partial charge >= 0.3 is 0 Å². The Balaban J connectivity index is 0.000000151. The molecule has 0 saturated heterocycles. The first-order valence-electron chi connectivity index (χ1n) is 34.9. The maximum absolute atomic E-state index is 13.3. The average molecular weight is 1250 g/mol. The molecule has 3 aliphatic carbocycles. The van der Waals surface area contributed by atoms with Crippen LogP contribution >= 0.6 is 0 Å². The lowest BCUT2D eigenvalue weighted by Gasteiger charge is -2.42. The van der Waals surface area contributed by atoms with Crippen LogP contribution in [-0.2, 0) is 33.6 Å². The normalized spacial score (nSPS) is 20.5. The van der Waals surface area contributed by atoms with Crippen molar-refractivity contribution in [3.8, 4) is 0 Å². The number of carbonyl (C=O) groups is 6. The van der Waals surface area contributed by atoms with Crippen LogP contribution in [0.1, 0.15) is 169 Å². The first-order valence-corrected chi connectivity index (χ1v) is 34.9. The van der Waals surface area contributed by atoms with Crippen LogP contribution in [0.5, 0.6) is 0 Å². The van der Waals surface area contributed by atoms with Crippen molar-refractivity contribution in [2.24, 2.45) is 17.8 Å². The Morgan fingerprint density at radius 3 is 1.12 bits per heavy atom. The maximum atomic E-state index is 13.3. The van der Waals surface area contributed by atoms with E-state index in [1.54, 1.807) is 0 Å². The van der Waals surface area contributed by atoms with Crippen LogP contribution in [0.15, 0.2) is 104 Å². The van der Waals surface area contributed by atoms with E-state index in [0.29, 0.717) is 25.8 Å². The van der Waals surface area contributed by atoms with Crippen LogP contribution in [0.2, 0.25) is 0 Å². The number of rotatable bonds is 20. The molecule has 0 N–H and O–H groups in total. The van der Waals surface area contributed by atoms with Crippen LogP contribution in [0.3, 0.4) is 0 Å². The molecule has 15 heteroatoms. The molecule has 0 spiro atoms. The number of nitrogens with zero attached hydrogens (tertiary/aromatic N) is 9. The minimum Gasteiger partial charge on any atom is -0.343 e. The molecule has 0 saturated carbocycles. The molecule has 6 heterocycles. The molecule has 490 valence electrons. The van der Waals surface area contributed by atoms with Crippen molar-refractivity contribution >= 4 is 84.9 Å². The minimum atomic E-state index is -0.160. The van der Waals surface area contributed by atoms with E-state index in [9.17, 15) is 28.8 Å². The van der Waals surface area contributed by atoms with Crippen molar-refractivity contribution < 1.29 is 28.8 Å². The second kappa shape index (κ2) is 29.7. The number of hydrogen-bond donors (Lipinski definition) is 0. The quantitative estimate of drug-likeness (QED) is 0.0684. The predicted molar refractivity (Wildman–Crippen MR) is 374 cm³/mol. The Morgan fingerprint density at radius 2 is 0.793 bits per heavy atom. The Labute approximate surface area is 546 Å². The summed E-state index contributed by atoms with van der Waals surface area (Å²) in [6.45, 7) is 35.9.